The summed E-state index contributed by atoms with van der Waals surface area (Å²) in [5.41, 5.74) is 0. The predicted molar refractivity (Wildman–Crippen MR) is 37.9 cm³/mol. The highest BCUT2D eigenvalue weighted by atomic mass is 28.3. The highest BCUT2D eigenvalue weighted by molar-refractivity contribution is 6.54. The lowest BCUT2D eigenvalue weighted by Gasteiger charge is -1.75. The van der Waals surface area contributed by atoms with Crippen LogP contribution in [0, 0.1) is 12.3 Å². The molecule has 0 N–H and O–H groups in total. The molecule has 0 aliphatic carbocycles. The van der Waals surface area contributed by atoms with Gasteiger partial charge in [-0.3, -0.25) is 0 Å². The summed E-state index contributed by atoms with van der Waals surface area (Å²) in [6.07, 6.45) is 4.60. The molecule has 0 heterocycles. The number of rotatable bonds is 0. The Morgan fingerprint density at radius 1 is 1.29 bits per heavy atom. The van der Waals surface area contributed by atoms with Crippen LogP contribution in [0.4, 0.5) is 0 Å². The molecule has 0 aliphatic heterocycles. The molecule has 7 heavy (non-hydrogen) atoms. The molecule has 0 saturated carbocycles. The van der Waals surface area contributed by atoms with Crippen LogP contribution >= 0.6 is 0 Å². The Balaban J connectivity index is 0. The van der Waals surface area contributed by atoms with Crippen LogP contribution in [-0.2, 0) is 0 Å². The Kier molecular flexibility index (Phi) is 13.1. The Morgan fingerprint density at radius 2 is 1.29 bits per heavy atom. The molecule has 0 fully saturated rings. The van der Waals surface area contributed by atoms with Gasteiger partial charge in [0.1, 0.15) is 0 Å². The van der Waals surface area contributed by atoms with E-state index in [1.807, 2.05) is 0 Å². The Bertz CT molecular complexity index is 46.9. The van der Waals surface area contributed by atoms with Gasteiger partial charge in [0.05, 0.1) is 0 Å². The first-order chi connectivity index (χ1) is 3.15. The summed E-state index contributed by atoms with van der Waals surface area (Å²) in [7, 11) is 0.120. The molecular weight excluding hydrogens is 100 g/mol. The normalized spacial score (nSPS) is 6.29. The van der Waals surface area contributed by atoms with Crippen molar-refractivity contribution in [2.24, 2.45) is 0 Å². The third-order valence-corrected chi connectivity index (χ3v) is 0. The van der Waals surface area contributed by atoms with E-state index in [4.69, 9.17) is 0 Å². The van der Waals surface area contributed by atoms with Gasteiger partial charge in [0.15, 0.2) is 0 Å². The van der Waals surface area contributed by atoms with Gasteiger partial charge in [-0.2, -0.15) is 0 Å². The number of hydrogen-bond acceptors (Lipinski definition) is 0. The van der Waals surface area contributed by atoms with Crippen LogP contribution in [0.5, 0.6) is 0 Å². The van der Waals surface area contributed by atoms with Gasteiger partial charge >= 0.3 is 0 Å². The quantitative estimate of drug-likeness (QED) is 0.333. The third kappa shape index (κ3) is 1660. The molecule has 0 nitrogen and oxygen atoms in total. The molecule has 0 saturated heterocycles. The smallest absolute Gasteiger partial charge is 0.0379 e. The van der Waals surface area contributed by atoms with Gasteiger partial charge in [-0.1, -0.05) is 19.6 Å². The minimum Gasteiger partial charge on any atom is -0.120 e. The lowest BCUT2D eigenvalue weighted by molar-refractivity contribution is 1.91. The molecular formula is C6H13Si. The van der Waals surface area contributed by atoms with E-state index in [9.17, 15) is 0 Å². The average Bonchev–Trinajstić information content (AvgIpc) is 1.33. The third-order valence-electron chi connectivity index (χ3n) is 0. The van der Waals surface area contributed by atoms with Crippen molar-refractivity contribution < 1.29 is 0 Å². The van der Waals surface area contributed by atoms with Gasteiger partial charge in [0.25, 0.3) is 0 Å². The van der Waals surface area contributed by atoms with Crippen molar-refractivity contribution in [1.82, 2.24) is 0 Å². The molecule has 0 bridgehead atoms. The van der Waals surface area contributed by atoms with Gasteiger partial charge in [-0.15, -0.1) is 12.3 Å². The van der Waals surface area contributed by atoms with E-state index in [0.29, 0.717) is 0 Å². The standard InChI is InChI=1S/C3H9Si.C3H4/c1-4(2)3;1-3-2/h1-3H3;1H,2H3. The van der Waals surface area contributed by atoms with Crippen molar-refractivity contribution >= 4 is 8.80 Å². The number of hydrogen-bond donors (Lipinski definition) is 0. The maximum atomic E-state index is 4.60. The fraction of sp³-hybridized carbons (Fsp3) is 0.667. The largest absolute Gasteiger partial charge is 0.120 e. The second-order valence-corrected chi connectivity index (χ2v) is 4.79. The van der Waals surface area contributed by atoms with Gasteiger partial charge < -0.3 is 0 Å². The maximum absolute atomic E-state index is 4.60. The highest BCUT2D eigenvalue weighted by Crippen LogP contribution is 1.68. The molecule has 41 valence electrons. The molecule has 0 spiro atoms. The van der Waals surface area contributed by atoms with E-state index >= 15 is 0 Å². The van der Waals surface area contributed by atoms with Crippen LogP contribution in [0.1, 0.15) is 6.92 Å². The molecule has 0 rings (SSSR count). The molecule has 0 aliphatic rings. The van der Waals surface area contributed by atoms with Crippen LogP contribution in [-0.4, -0.2) is 8.80 Å². The monoisotopic (exact) mass is 113 g/mol. The van der Waals surface area contributed by atoms with Crippen LogP contribution in [0.2, 0.25) is 19.6 Å². The van der Waals surface area contributed by atoms with E-state index in [-0.39, 0.29) is 8.80 Å². The molecule has 0 aromatic rings. The van der Waals surface area contributed by atoms with Crippen molar-refractivity contribution in [3.63, 3.8) is 0 Å². The number of terminal acetylenes is 1. The Labute approximate surface area is 48.5 Å². The van der Waals surface area contributed by atoms with Crippen molar-refractivity contribution in [1.29, 1.82) is 0 Å². The first kappa shape index (κ1) is 9.91. The second-order valence-electron chi connectivity index (χ2n) is 1.79. The summed E-state index contributed by atoms with van der Waals surface area (Å²) in [5.74, 6) is 2.25. The van der Waals surface area contributed by atoms with Gasteiger partial charge in [-0.25, -0.2) is 0 Å². The molecule has 1 radical (unpaired) electrons. The molecule has 0 amide bonds. The zero-order valence-corrected chi connectivity index (χ0v) is 6.58. The molecule has 0 unspecified atom stereocenters. The van der Waals surface area contributed by atoms with E-state index in [2.05, 4.69) is 32.0 Å². The van der Waals surface area contributed by atoms with E-state index < -0.39 is 0 Å². The van der Waals surface area contributed by atoms with Crippen molar-refractivity contribution in [3.05, 3.63) is 0 Å². The first-order valence-corrected chi connectivity index (χ1v) is 5.29. The van der Waals surface area contributed by atoms with Gasteiger partial charge in [0.2, 0.25) is 0 Å². The van der Waals surface area contributed by atoms with Crippen LogP contribution in [0.15, 0.2) is 0 Å². The van der Waals surface area contributed by atoms with E-state index in [1.54, 1.807) is 6.92 Å². The maximum Gasteiger partial charge on any atom is 0.0379 e. The summed E-state index contributed by atoms with van der Waals surface area (Å²) in [6.45, 7) is 8.46. The van der Waals surface area contributed by atoms with Crippen LogP contribution < -0.4 is 0 Å². The minimum absolute atomic E-state index is 0.120. The Hall–Kier alpha value is -0.223. The lowest BCUT2D eigenvalue weighted by atomic mass is 10.9. The first-order valence-electron chi connectivity index (χ1n) is 2.29. The van der Waals surface area contributed by atoms with E-state index in [0.717, 1.165) is 0 Å². The summed E-state index contributed by atoms with van der Waals surface area (Å²) in [4.78, 5) is 0. The summed E-state index contributed by atoms with van der Waals surface area (Å²) >= 11 is 0. The van der Waals surface area contributed by atoms with Crippen molar-refractivity contribution in [2.75, 3.05) is 0 Å². The lowest BCUT2D eigenvalue weighted by Crippen LogP contribution is -1.84. The Morgan fingerprint density at radius 3 is 1.29 bits per heavy atom. The predicted octanol–water partition coefficient (Wildman–Crippen LogP) is 2.01. The van der Waals surface area contributed by atoms with E-state index in [1.165, 1.54) is 0 Å². The van der Waals surface area contributed by atoms with Crippen molar-refractivity contribution in [2.45, 2.75) is 26.6 Å². The topological polar surface area (TPSA) is 0 Å². The summed E-state index contributed by atoms with van der Waals surface area (Å²) in [5, 5.41) is 0. The summed E-state index contributed by atoms with van der Waals surface area (Å²) in [6, 6.07) is 0. The van der Waals surface area contributed by atoms with Crippen LogP contribution in [0.3, 0.4) is 0 Å². The van der Waals surface area contributed by atoms with Gasteiger partial charge in [-0.05, 0) is 6.92 Å². The SMILES string of the molecule is C#CC.C[Si](C)C. The van der Waals surface area contributed by atoms with Crippen molar-refractivity contribution in [3.8, 4) is 12.3 Å². The zero-order valence-electron chi connectivity index (χ0n) is 5.58. The second kappa shape index (κ2) is 9.24. The molecule has 1 heteroatoms. The summed E-state index contributed by atoms with van der Waals surface area (Å²) < 4.78 is 0. The van der Waals surface area contributed by atoms with Crippen LogP contribution in [0.25, 0.3) is 0 Å². The van der Waals surface area contributed by atoms with Gasteiger partial charge in [0, 0.05) is 8.80 Å². The fourth-order valence-electron chi connectivity index (χ4n) is 0. The molecule has 0 atom stereocenters. The highest BCUT2D eigenvalue weighted by Gasteiger charge is 1.72. The zero-order chi connectivity index (χ0) is 6.28. The molecule has 0 aromatic carbocycles. The average molecular weight is 113 g/mol. The molecule has 0 aromatic heterocycles. The minimum atomic E-state index is 0.120. The fourth-order valence-corrected chi connectivity index (χ4v) is 0.